The van der Waals surface area contributed by atoms with E-state index < -0.39 is 5.67 Å². The van der Waals surface area contributed by atoms with E-state index in [2.05, 4.69) is 36.1 Å². The monoisotopic (exact) mass is 359 g/mol. The summed E-state index contributed by atoms with van der Waals surface area (Å²) in [6.45, 7) is 10.4. The van der Waals surface area contributed by atoms with Gasteiger partial charge in [-0.25, -0.2) is 9.18 Å². The predicted octanol–water partition coefficient (Wildman–Crippen LogP) is 3.05. The number of hydrogen-bond donors (Lipinski definition) is 0. The van der Waals surface area contributed by atoms with Gasteiger partial charge in [0.25, 0.3) is 0 Å². The van der Waals surface area contributed by atoms with E-state index in [1.807, 2.05) is 9.80 Å². The lowest BCUT2D eigenvalue weighted by Crippen LogP contribution is -2.54. The number of piperidine rings is 1. The maximum absolute atomic E-state index is 13.8. The van der Waals surface area contributed by atoms with Gasteiger partial charge in [0.2, 0.25) is 0 Å². The van der Waals surface area contributed by atoms with Gasteiger partial charge < -0.3 is 9.80 Å². The second-order valence-corrected chi connectivity index (χ2v) is 9.07. The van der Waals surface area contributed by atoms with Crippen LogP contribution in [0.4, 0.5) is 9.18 Å². The van der Waals surface area contributed by atoms with Crippen molar-refractivity contribution < 1.29 is 9.18 Å². The Bertz CT molecular complexity index is 675. The molecule has 2 unspecified atom stereocenters. The summed E-state index contributed by atoms with van der Waals surface area (Å²) < 4.78 is 13.8. The Morgan fingerprint density at radius 3 is 2.42 bits per heavy atom. The van der Waals surface area contributed by atoms with Gasteiger partial charge in [-0.3, -0.25) is 4.90 Å². The summed E-state index contributed by atoms with van der Waals surface area (Å²) in [7, 11) is 0. The van der Waals surface area contributed by atoms with Gasteiger partial charge in [0.15, 0.2) is 0 Å². The fourth-order valence-electron chi connectivity index (χ4n) is 4.79. The van der Waals surface area contributed by atoms with Crippen molar-refractivity contribution in [1.29, 1.82) is 0 Å². The molecule has 1 aliphatic carbocycles. The van der Waals surface area contributed by atoms with Gasteiger partial charge in [-0.05, 0) is 38.7 Å². The first-order chi connectivity index (χ1) is 12.3. The van der Waals surface area contributed by atoms with Crippen molar-refractivity contribution in [3.63, 3.8) is 0 Å². The number of fused-ring (bicyclic) bond motifs is 1. The van der Waals surface area contributed by atoms with Gasteiger partial charge in [0.05, 0.1) is 0 Å². The Kier molecular flexibility index (Phi) is 4.25. The molecule has 0 radical (unpaired) electrons. The van der Waals surface area contributed by atoms with Crippen LogP contribution in [-0.4, -0.2) is 72.2 Å². The minimum Gasteiger partial charge on any atom is -0.323 e. The van der Waals surface area contributed by atoms with Crippen LogP contribution in [0.5, 0.6) is 0 Å². The number of alkyl halides is 1. The second kappa shape index (κ2) is 6.22. The molecule has 2 saturated heterocycles. The van der Waals surface area contributed by atoms with Gasteiger partial charge in [-0.15, -0.1) is 0 Å². The summed E-state index contributed by atoms with van der Waals surface area (Å²) in [6.07, 6.45) is 1.21. The van der Waals surface area contributed by atoms with E-state index in [4.69, 9.17) is 0 Å². The fourth-order valence-corrected chi connectivity index (χ4v) is 4.79. The molecule has 2 atom stereocenters. The first-order valence-electron chi connectivity index (χ1n) is 9.79. The van der Waals surface area contributed by atoms with Crippen LogP contribution in [0.25, 0.3) is 0 Å². The predicted molar refractivity (Wildman–Crippen MR) is 101 cm³/mol. The van der Waals surface area contributed by atoms with E-state index in [1.54, 1.807) is 13.8 Å². The smallest absolute Gasteiger partial charge is 0.320 e. The Labute approximate surface area is 155 Å². The van der Waals surface area contributed by atoms with E-state index in [0.717, 1.165) is 26.2 Å². The van der Waals surface area contributed by atoms with Crippen molar-refractivity contribution in [2.45, 2.75) is 38.3 Å². The minimum absolute atomic E-state index is 0.169. The molecule has 4 rings (SSSR count). The van der Waals surface area contributed by atoms with Crippen LogP contribution >= 0.6 is 0 Å². The first kappa shape index (κ1) is 17.8. The zero-order valence-electron chi connectivity index (χ0n) is 16.2. The molecule has 0 spiro atoms. The van der Waals surface area contributed by atoms with Gasteiger partial charge in [-0.1, -0.05) is 29.8 Å². The lowest BCUT2D eigenvalue weighted by atomic mass is 9.94. The molecule has 2 aliphatic heterocycles. The number of piperazine rings is 1. The number of nitrogens with zero attached hydrogens (tertiary/aromatic N) is 3. The molecule has 0 bridgehead atoms. The molecule has 5 heteroatoms. The molecule has 0 aromatic heterocycles. The maximum atomic E-state index is 13.8. The molecule has 0 N–H and O–H groups in total. The van der Waals surface area contributed by atoms with Crippen molar-refractivity contribution >= 4 is 6.03 Å². The summed E-state index contributed by atoms with van der Waals surface area (Å²) in [4.78, 5) is 19.1. The number of benzene rings is 1. The van der Waals surface area contributed by atoms with Crippen molar-refractivity contribution in [3.05, 3.63) is 35.4 Å². The topological polar surface area (TPSA) is 26.8 Å². The Morgan fingerprint density at radius 2 is 1.81 bits per heavy atom. The average Bonchev–Trinajstić information content (AvgIpc) is 3.15. The average molecular weight is 359 g/mol. The standard InChI is InChI=1S/C21H30FN3O/c1-16-4-6-17(7-5-16)21-12-18(21)13-25(15-21)19(26)24-10-8-23(9-11-24)14-20(2,3)22/h4-7,18H,8-15H2,1-3H3. The molecule has 142 valence electrons. The molecule has 2 amide bonds. The molecule has 1 saturated carbocycles. The minimum atomic E-state index is -1.18. The highest BCUT2D eigenvalue weighted by Crippen LogP contribution is 2.59. The van der Waals surface area contributed by atoms with E-state index in [9.17, 15) is 9.18 Å². The highest BCUT2D eigenvalue weighted by molar-refractivity contribution is 5.76. The maximum Gasteiger partial charge on any atom is 0.320 e. The zero-order valence-corrected chi connectivity index (χ0v) is 16.2. The van der Waals surface area contributed by atoms with Crippen molar-refractivity contribution in [1.82, 2.24) is 14.7 Å². The summed E-state index contributed by atoms with van der Waals surface area (Å²) >= 11 is 0. The quantitative estimate of drug-likeness (QED) is 0.829. The third kappa shape index (κ3) is 3.34. The highest BCUT2D eigenvalue weighted by atomic mass is 19.1. The van der Waals surface area contributed by atoms with Gasteiger partial charge in [-0.2, -0.15) is 0 Å². The molecule has 3 aliphatic rings. The number of halogens is 1. The van der Waals surface area contributed by atoms with Crippen LogP contribution in [0.3, 0.4) is 0 Å². The number of amides is 2. The number of carbonyl (C=O) groups is 1. The first-order valence-corrected chi connectivity index (χ1v) is 9.79. The summed E-state index contributed by atoms with van der Waals surface area (Å²) in [5.41, 5.74) is 1.69. The third-order valence-electron chi connectivity index (χ3n) is 6.29. The number of aryl methyl sites for hydroxylation is 1. The molecular weight excluding hydrogens is 329 g/mol. The molecule has 3 fully saturated rings. The van der Waals surface area contributed by atoms with E-state index in [-0.39, 0.29) is 11.4 Å². The second-order valence-electron chi connectivity index (χ2n) is 9.07. The summed E-state index contributed by atoms with van der Waals surface area (Å²) in [5.74, 6) is 0.614. The molecule has 1 aromatic carbocycles. The highest BCUT2D eigenvalue weighted by Gasteiger charge is 2.61. The van der Waals surface area contributed by atoms with Gasteiger partial charge >= 0.3 is 6.03 Å². The van der Waals surface area contributed by atoms with Crippen molar-refractivity contribution in [2.75, 3.05) is 45.8 Å². The largest absolute Gasteiger partial charge is 0.323 e. The molecule has 26 heavy (non-hydrogen) atoms. The van der Waals surface area contributed by atoms with Crippen molar-refractivity contribution in [2.24, 2.45) is 5.92 Å². The zero-order chi connectivity index (χ0) is 18.5. The molecular formula is C21H30FN3O. The summed E-state index contributed by atoms with van der Waals surface area (Å²) in [6, 6.07) is 9.00. The van der Waals surface area contributed by atoms with E-state index >= 15 is 0 Å². The third-order valence-corrected chi connectivity index (χ3v) is 6.29. The lowest BCUT2D eigenvalue weighted by molar-refractivity contribution is 0.0768. The Hall–Kier alpha value is -1.62. The van der Waals surface area contributed by atoms with Crippen LogP contribution in [0.1, 0.15) is 31.4 Å². The number of rotatable bonds is 3. The number of carbonyl (C=O) groups excluding carboxylic acids is 1. The van der Waals surface area contributed by atoms with Crippen LogP contribution in [0, 0.1) is 12.8 Å². The van der Waals surface area contributed by atoms with Crippen LogP contribution in [0.2, 0.25) is 0 Å². The fraction of sp³-hybridized carbons (Fsp3) is 0.667. The molecule has 2 heterocycles. The van der Waals surface area contributed by atoms with Crippen LogP contribution in [-0.2, 0) is 5.41 Å². The number of urea groups is 1. The Balaban J connectivity index is 1.34. The summed E-state index contributed by atoms with van der Waals surface area (Å²) in [5, 5.41) is 0. The normalized spacial score (nSPS) is 29.0. The van der Waals surface area contributed by atoms with E-state index in [1.165, 1.54) is 17.5 Å². The molecule has 4 nitrogen and oxygen atoms in total. The van der Waals surface area contributed by atoms with Crippen LogP contribution < -0.4 is 0 Å². The van der Waals surface area contributed by atoms with E-state index in [0.29, 0.717) is 25.6 Å². The lowest BCUT2D eigenvalue weighted by Gasteiger charge is -2.38. The number of likely N-dealkylation sites (tertiary alicyclic amines) is 1. The van der Waals surface area contributed by atoms with Crippen LogP contribution in [0.15, 0.2) is 24.3 Å². The van der Waals surface area contributed by atoms with Gasteiger partial charge in [0.1, 0.15) is 5.67 Å². The van der Waals surface area contributed by atoms with Crippen molar-refractivity contribution in [3.8, 4) is 0 Å². The van der Waals surface area contributed by atoms with Gasteiger partial charge in [0, 0.05) is 51.2 Å². The Morgan fingerprint density at radius 1 is 1.15 bits per heavy atom. The number of hydrogen-bond acceptors (Lipinski definition) is 2. The molecule has 1 aromatic rings. The SMILES string of the molecule is Cc1ccc(C23CC2CN(C(=O)N2CCN(CC(C)(C)F)CC2)C3)cc1.